The van der Waals surface area contributed by atoms with Gasteiger partial charge in [-0.05, 0) is 5.53 Å². The number of carbonyl (C=O) groups is 2. The first-order valence-electron chi connectivity index (χ1n) is 5.88. The monoisotopic (exact) mass is 273 g/mol. The highest BCUT2D eigenvalue weighted by Crippen LogP contribution is 1.86. The van der Waals surface area contributed by atoms with E-state index in [4.69, 9.17) is 20.7 Å². The van der Waals surface area contributed by atoms with Gasteiger partial charge in [-0.25, -0.2) is 0 Å². The number of nitrogens with two attached hydrogens (primary N) is 1. The van der Waals surface area contributed by atoms with Crippen molar-refractivity contribution in [2.45, 2.75) is 12.8 Å². The van der Waals surface area contributed by atoms with Gasteiger partial charge >= 0.3 is 0 Å². The zero-order valence-corrected chi connectivity index (χ0v) is 10.7. The van der Waals surface area contributed by atoms with E-state index in [-0.39, 0.29) is 18.7 Å². The van der Waals surface area contributed by atoms with E-state index in [2.05, 4.69) is 15.3 Å². The molecule has 0 saturated heterocycles. The first-order valence-corrected chi connectivity index (χ1v) is 5.88. The molecule has 9 heteroatoms. The minimum absolute atomic E-state index is 0.0473. The summed E-state index contributed by atoms with van der Waals surface area (Å²) in [5.74, 6) is -0.725. The SMILES string of the molecule is [N-]=[N+]=NCCOCCOCCNC(=O)CCC(N)=O. The van der Waals surface area contributed by atoms with E-state index in [1.165, 1.54) is 0 Å². The number of azide groups is 1. The number of hydrogen-bond donors (Lipinski definition) is 2. The van der Waals surface area contributed by atoms with E-state index in [0.29, 0.717) is 39.5 Å². The minimum atomic E-state index is -0.496. The van der Waals surface area contributed by atoms with Crippen molar-refractivity contribution in [3.8, 4) is 0 Å². The zero-order chi connectivity index (χ0) is 14.3. The fraction of sp³-hybridized carbons (Fsp3) is 0.800. The molecule has 0 aliphatic rings. The summed E-state index contributed by atoms with van der Waals surface area (Å²) in [6, 6.07) is 0. The van der Waals surface area contributed by atoms with Crippen LogP contribution in [0.4, 0.5) is 0 Å². The third kappa shape index (κ3) is 14.1. The van der Waals surface area contributed by atoms with Crippen LogP contribution in [0.15, 0.2) is 5.11 Å². The predicted octanol–water partition coefficient (Wildman–Crippen LogP) is -0.288. The fourth-order valence-corrected chi connectivity index (χ4v) is 1.06. The molecular formula is C10H19N5O4. The van der Waals surface area contributed by atoms with Crippen LogP contribution < -0.4 is 11.1 Å². The molecule has 0 spiro atoms. The van der Waals surface area contributed by atoms with Gasteiger partial charge in [0, 0.05) is 30.8 Å². The molecule has 0 bridgehead atoms. The molecular weight excluding hydrogens is 254 g/mol. The van der Waals surface area contributed by atoms with Gasteiger partial charge in [0.05, 0.1) is 26.4 Å². The molecule has 0 aliphatic heterocycles. The second-order valence-electron chi connectivity index (χ2n) is 3.50. The summed E-state index contributed by atoms with van der Waals surface area (Å²) in [5.41, 5.74) is 12.9. The Morgan fingerprint density at radius 3 is 2.47 bits per heavy atom. The molecule has 0 aromatic carbocycles. The van der Waals surface area contributed by atoms with Crippen molar-refractivity contribution in [2.24, 2.45) is 10.8 Å². The lowest BCUT2D eigenvalue weighted by atomic mass is 10.3. The molecule has 0 aromatic rings. The number of rotatable bonds is 12. The molecule has 0 saturated carbocycles. The predicted molar refractivity (Wildman–Crippen MR) is 67.1 cm³/mol. The van der Waals surface area contributed by atoms with Crippen LogP contribution in [0.5, 0.6) is 0 Å². The lowest BCUT2D eigenvalue weighted by Crippen LogP contribution is -2.28. The number of carbonyl (C=O) groups excluding carboxylic acids is 2. The Balaban J connectivity index is 3.20. The molecule has 0 unspecified atom stereocenters. The van der Waals surface area contributed by atoms with E-state index >= 15 is 0 Å². The topological polar surface area (TPSA) is 139 Å². The standard InChI is InChI=1S/C10H19N5O4/c11-9(16)1-2-10(17)13-3-5-18-7-8-19-6-4-14-15-12/h1-8H2,(H2,11,16)(H,13,17). The molecule has 108 valence electrons. The van der Waals surface area contributed by atoms with E-state index in [1.807, 2.05) is 0 Å². The van der Waals surface area contributed by atoms with Gasteiger partial charge in [-0.2, -0.15) is 0 Å². The maximum Gasteiger partial charge on any atom is 0.220 e. The Labute approximate surface area is 111 Å². The lowest BCUT2D eigenvalue weighted by molar-refractivity contribution is -0.125. The summed E-state index contributed by atoms with van der Waals surface area (Å²) in [7, 11) is 0. The Hall–Kier alpha value is -1.83. The number of primary amides is 1. The quantitative estimate of drug-likeness (QED) is 0.218. The molecule has 0 aliphatic carbocycles. The van der Waals surface area contributed by atoms with E-state index < -0.39 is 5.91 Å². The minimum Gasteiger partial charge on any atom is -0.379 e. The van der Waals surface area contributed by atoms with E-state index in [0.717, 1.165) is 0 Å². The largest absolute Gasteiger partial charge is 0.379 e. The summed E-state index contributed by atoms with van der Waals surface area (Å²) in [4.78, 5) is 24.1. The highest BCUT2D eigenvalue weighted by Gasteiger charge is 2.02. The number of ether oxygens (including phenoxy) is 2. The first kappa shape index (κ1) is 17.2. The molecule has 3 N–H and O–H groups in total. The Morgan fingerprint density at radius 2 is 1.84 bits per heavy atom. The van der Waals surface area contributed by atoms with E-state index in [1.54, 1.807) is 0 Å². The third-order valence-electron chi connectivity index (χ3n) is 1.94. The van der Waals surface area contributed by atoms with Crippen LogP contribution in [0.3, 0.4) is 0 Å². The van der Waals surface area contributed by atoms with Crippen molar-refractivity contribution in [2.75, 3.05) is 39.5 Å². The molecule has 0 fully saturated rings. The van der Waals surface area contributed by atoms with Crippen LogP contribution in [0.25, 0.3) is 10.4 Å². The molecule has 19 heavy (non-hydrogen) atoms. The summed E-state index contributed by atoms with van der Waals surface area (Å²) < 4.78 is 10.3. The smallest absolute Gasteiger partial charge is 0.220 e. The molecule has 0 radical (unpaired) electrons. The second-order valence-corrected chi connectivity index (χ2v) is 3.50. The van der Waals surface area contributed by atoms with Crippen LogP contribution in [0.2, 0.25) is 0 Å². The maximum absolute atomic E-state index is 11.1. The van der Waals surface area contributed by atoms with Gasteiger partial charge in [0.1, 0.15) is 0 Å². The maximum atomic E-state index is 11.1. The van der Waals surface area contributed by atoms with E-state index in [9.17, 15) is 9.59 Å². The molecule has 2 amide bonds. The number of nitrogens with one attached hydrogen (secondary N) is 1. The molecule has 0 heterocycles. The van der Waals surface area contributed by atoms with Crippen molar-refractivity contribution in [3.05, 3.63) is 10.4 Å². The third-order valence-corrected chi connectivity index (χ3v) is 1.94. The summed E-state index contributed by atoms with van der Waals surface area (Å²) in [6.07, 6.45) is 0.142. The highest BCUT2D eigenvalue weighted by molar-refractivity contribution is 5.82. The van der Waals surface area contributed by atoms with Gasteiger partial charge in [-0.15, -0.1) is 0 Å². The number of amides is 2. The molecule has 0 atom stereocenters. The van der Waals surface area contributed by atoms with Gasteiger partial charge in [-0.1, -0.05) is 5.11 Å². The van der Waals surface area contributed by atoms with Gasteiger partial charge in [0.15, 0.2) is 0 Å². The molecule has 0 rings (SSSR count). The van der Waals surface area contributed by atoms with Crippen molar-refractivity contribution in [1.82, 2.24) is 5.32 Å². The Morgan fingerprint density at radius 1 is 1.16 bits per heavy atom. The average molecular weight is 273 g/mol. The summed E-state index contributed by atoms with van der Waals surface area (Å²) >= 11 is 0. The summed E-state index contributed by atoms with van der Waals surface area (Å²) in [5, 5.41) is 5.89. The van der Waals surface area contributed by atoms with Gasteiger partial charge in [-0.3, -0.25) is 9.59 Å². The van der Waals surface area contributed by atoms with Crippen molar-refractivity contribution in [1.29, 1.82) is 0 Å². The normalized spacial score (nSPS) is 9.68. The van der Waals surface area contributed by atoms with Crippen molar-refractivity contribution in [3.63, 3.8) is 0 Å². The van der Waals surface area contributed by atoms with Gasteiger partial charge < -0.3 is 20.5 Å². The molecule has 9 nitrogen and oxygen atoms in total. The average Bonchev–Trinajstić information content (AvgIpc) is 2.38. The van der Waals surface area contributed by atoms with Crippen molar-refractivity contribution >= 4 is 11.8 Å². The fourth-order valence-electron chi connectivity index (χ4n) is 1.06. The van der Waals surface area contributed by atoms with Crippen LogP contribution in [0, 0.1) is 0 Å². The van der Waals surface area contributed by atoms with Crippen molar-refractivity contribution < 1.29 is 19.1 Å². The first-order chi connectivity index (χ1) is 9.16. The number of nitrogens with zero attached hydrogens (tertiary/aromatic N) is 3. The second kappa shape index (κ2) is 12.6. The van der Waals surface area contributed by atoms with Crippen LogP contribution >= 0.6 is 0 Å². The van der Waals surface area contributed by atoms with Gasteiger partial charge in [0.25, 0.3) is 0 Å². The van der Waals surface area contributed by atoms with Crippen LogP contribution in [0.1, 0.15) is 12.8 Å². The Bertz CT molecular complexity index is 317. The van der Waals surface area contributed by atoms with Crippen LogP contribution in [-0.4, -0.2) is 51.3 Å². The number of hydrogen-bond acceptors (Lipinski definition) is 5. The zero-order valence-electron chi connectivity index (χ0n) is 10.7. The van der Waals surface area contributed by atoms with Crippen LogP contribution in [-0.2, 0) is 19.1 Å². The molecule has 0 aromatic heterocycles. The highest BCUT2D eigenvalue weighted by atomic mass is 16.5. The Kier molecular flexibility index (Phi) is 11.4. The van der Waals surface area contributed by atoms with Gasteiger partial charge in [0.2, 0.25) is 11.8 Å². The lowest BCUT2D eigenvalue weighted by Gasteiger charge is -2.06. The summed E-state index contributed by atoms with van der Waals surface area (Å²) in [6.45, 7) is 2.19.